The summed E-state index contributed by atoms with van der Waals surface area (Å²) in [5, 5.41) is 0. The van der Waals surface area contributed by atoms with E-state index in [0.29, 0.717) is 18.9 Å². The van der Waals surface area contributed by atoms with E-state index in [-0.39, 0.29) is 23.5 Å². The molecular weight excluding hydrogens is 332 g/mol. The lowest BCUT2D eigenvalue weighted by molar-refractivity contribution is -0.136. The van der Waals surface area contributed by atoms with Crippen LogP contribution in [0.2, 0.25) is 0 Å². The lowest BCUT2D eigenvalue weighted by atomic mass is 9.76. The normalized spacial score (nSPS) is 18.1. The summed E-state index contributed by atoms with van der Waals surface area (Å²) in [5.74, 6) is 0.594. The molecule has 1 aliphatic heterocycles. The van der Waals surface area contributed by atoms with Crippen molar-refractivity contribution in [2.24, 2.45) is 0 Å². The van der Waals surface area contributed by atoms with Crippen molar-refractivity contribution >= 4 is 5.91 Å². The number of carbonyl (C=O) groups is 1. The molecule has 2 aromatic heterocycles. The van der Waals surface area contributed by atoms with Crippen LogP contribution in [0.5, 0.6) is 0 Å². The van der Waals surface area contributed by atoms with E-state index in [1.54, 1.807) is 12.4 Å². The maximum Gasteiger partial charge on any atom is 0.254 e. The van der Waals surface area contributed by atoms with Crippen molar-refractivity contribution in [2.45, 2.75) is 31.1 Å². The smallest absolute Gasteiger partial charge is 0.254 e. The topological polar surface area (TPSA) is 88.2 Å². The number of aromatic nitrogens is 3. The molecule has 0 radical (unpaired) electrons. The molecule has 1 fully saturated rings. The van der Waals surface area contributed by atoms with Gasteiger partial charge in [0.15, 0.2) is 0 Å². The van der Waals surface area contributed by atoms with Crippen molar-refractivity contribution in [3.05, 3.63) is 46.1 Å². The first kappa shape index (κ1) is 16.9. The number of H-pyrrole nitrogens is 1. The average Bonchev–Trinajstić information content (AvgIpc) is 3.02. The number of nitrogens with zero attached hydrogens (tertiary/aromatic N) is 3. The molecule has 1 N–H and O–H groups in total. The SMILES string of the molecule is COCC(=O)N1CCC2(CCc3c2nc(-c2cccnc2)[nH]c3=O)CC1. The standard InChI is InChI=1S/C19H22N4O3/c1-26-12-15(24)23-9-6-19(7-10-23)5-4-14-16(19)21-17(22-18(14)25)13-3-2-8-20-11-13/h2-3,8,11H,4-7,9-10,12H2,1H3,(H,21,22,25). The quantitative estimate of drug-likeness (QED) is 0.897. The van der Waals surface area contributed by atoms with E-state index in [2.05, 4.69) is 9.97 Å². The van der Waals surface area contributed by atoms with E-state index < -0.39 is 0 Å². The molecule has 2 aromatic rings. The summed E-state index contributed by atoms with van der Waals surface area (Å²) >= 11 is 0. The molecule has 7 nitrogen and oxygen atoms in total. The van der Waals surface area contributed by atoms with E-state index in [9.17, 15) is 9.59 Å². The van der Waals surface area contributed by atoms with Gasteiger partial charge in [-0.25, -0.2) is 4.98 Å². The minimum Gasteiger partial charge on any atom is -0.375 e. The van der Waals surface area contributed by atoms with Crippen LogP contribution in [0.3, 0.4) is 0 Å². The summed E-state index contributed by atoms with van der Waals surface area (Å²) in [6, 6.07) is 3.73. The molecular formula is C19H22N4O3. The second-order valence-electron chi connectivity index (χ2n) is 7.08. The number of piperidine rings is 1. The first-order valence-corrected chi connectivity index (χ1v) is 8.94. The molecule has 7 heteroatoms. The second kappa shape index (κ2) is 6.64. The third kappa shape index (κ3) is 2.82. The van der Waals surface area contributed by atoms with Crippen LogP contribution in [0.1, 0.15) is 30.5 Å². The molecule has 2 aliphatic rings. The van der Waals surface area contributed by atoms with Crippen LogP contribution in [0.4, 0.5) is 0 Å². The maximum atomic E-state index is 12.6. The van der Waals surface area contributed by atoms with Gasteiger partial charge in [0.25, 0.3) is 5.56 Å². The summed E-state index contributed by atoms with van der Waals surface area (Å²) in [4.78, 5) is 38.4. The minimum absolute atomic E-state index is 0.0236. The number of amides is 1. The summed E-state index contributed by atoms with van der Waals surface area (Å²) in [6.07, 6.45) is 6.73. The largest absolute Gasteiger partial charge is 0.375 e. The first-order valence-electron chi connectivity index (χ1n) is 8.94. The molecule has 0 saturated carbocycles. The van der Waals surface area contributed by atoms with Gasteiger partial charge in [0, 0.05) is 49.1 Å². The molecule has 4 rings (SSSR count). The number of ether oxygens (including phenoxy) is 1. The lowest BCUT2D eigenvalue weighted by Gasteiger charge is -2.39. The zero-order valence-electron chi connectivity index (χ0n) is 14.8. The van der Waals surface area contributed by atoms with Gasteiger partial charge in [-0.05, 0) is 37.8 Å². The molecule has 1 amide bonds. The van der Waals surface area contributed by atoms with Crippen molar-refractivity contribution in [1.29, 1.82) is 0 Å². The van der Waals surface area contributed by atoms with Crippen molar-refractivity contribution in [3.63, 3.8) is 0 Å². The number of methoxy groups -OCH3 is 1. The summed E-state index contributed by atoms with van der Waals surface area (Å²) in [7, 11) is 1.53. The van der Waals surface area contributed by atoms with Gasteiger partial charge in [0.1, 0.15) is 12.4 Å². The van der Waals surface area contributed by atoms with Gasteiger partial charge in [-0.1, -0.05) is 0 Å². The van der Waals surface area contributed by atoms with Crippen molar-refractivity contribution in [1.82, 2.24) is 19.9 Å². The van der Waals surface area contributed by atoms with E-state index in [1.807, 2.05) is 17.0 Å². The van der Waals surface area contributed by atoms with Crippen LogP contribution >= 0.6 is 0 Å². The Hall–Kier alpha value is -2.54. The van der Waals surface area contributed by atoms with Crippen LogP contribution in [0.25, 0.3) is 11.4 Å². The summed E-state index contributed by atoms with van der Waals surface area (Å²) in [6.45, 7) is 1.48. The Morgan fingerprint density at radius 3 is 2.85 bits per heavy atom. The molecule has 1 saturated heterocycles. The minimum atomic E-state index is -0.107. The predicted octanol–water partition coefficient (Wildman–Crippen LogP) is 1.28. The van der Waals surface area contributed by atoms with Gasteiger partial charge in [-0.15, -0.1) is 0 Å². The molecule has 0 bridgehead atoms. The van der Waals surface area contributed by atoms with Crippen LogP contribution < -0.4 is 5.56 Å². The number of pyridine rings is 1. The van der Waals surface area contributed by atoms with Gasteiger partial charge in [0.05, 0.1) is 5.69 Å². The van der Waals surface area contributed by atoms with E-state index >= 15 is 0 Å². The number of rotatable bonds is 3. The highest BCUT2D eigenvalue weighted by molar-refractivity contribution is 5.77. The fourth-order valence-corrected chi connectivity index (χ4v) is 4.18. The van der Waals surface area contributed by atoms with E-state index in [0.717, 1.165) is 42.5 Å². The predicted molar refractivity (Wildman–Crippen MR) is 95.8 cm³/mol. The molecule has 0 aromatic carbocycles. The highest BCUT2D eigenvalue weighted by Crippen LogP contribution is 2.44. The Morgan fingerprint density at radius 1 is 1.35 bits per heavy atom. The van der Waals surface area contributed by atoms with Crippen LogP contribution in [-0.2, 0) is 21.4 Å². The van der Waals surface area contributed by atoms with Gasteiger partial charge in [-0.3, -0.25) is 14.6 Å². The Labute approximate surface area is 151 Å². The maximum absolute atomic E-state index is 12.6. The second-order valence-corrected chi connectivity index (χ2v) is 7.08. The van der Waals surface area contributed by atoms with Crippen molar-refractivity contribution in [3.8, 4) is 11.4 Å². The zero-order valence-corrected chi connectivity index (χ0v) is 14.8. The summed E-state index contributed by atoms with van der Waals surface area (Å²) < 4.78 is 4.96. The number of hydrogen-bond acceptors (Lipinski definition) is 5. The number of nitrogens with one attached hydrogen (secondary N) is 1. The lowest BCUT2D eigenvalue weighted by Crippen LogP contribution is -2.46. The monoisotopic (exact) mass is 354 g/mol. The highest BCUT2D eigenvalue weighted by Gasteiger charge is 2.44. The number of likely N-dealkylation sites (tertiary alicyclic amines) is 1. The molecule has 1 spiro atoms. The third-order valence-corrected chi connectivity index (χ3v) is 5.65. The summed E-state index contributed by atoms with van der Waals surface area (Å²) in [5.41, 5.74) is 2.36. The fraction of sp³-hybridized carbons (Fsp3) is 0.474. The molecule has 0 atom stereocenters. The zero-order chi connectivity index (χ0) is 18.1. The molecule has 0 unspecified atom stereocenters. The van der Waals surface area contributed by atoms with Gasteiger partial charge < -0.3 is 14.6 Å². The van der Waals surface area contributed by atoms with Gasteiger partial charge in [-0.2, -0.15) is 0 Å². The van der Waals surface area contributed by atoms with Crippen LogP contribution in [0.15, 0.2) is 29.3 Å². The fourth-order valence-electron chi connectivity index (χ4n) is 4.18. The van der Waals surface area contributed by atoms with Crippen LogP contribution in [-0.4, -0.2) is 52.6 Å². The number of fused-ring (bicyclic) bond motifs is 2. The van der Waals surface area contributed by atoms with Gasteiger partial charge in [0.2, 0.25) is 5.91 Å². The van der Waals surface area contributed by atoms with E-state index in [4.69, 9.17) is 9.72 Å². The Balaban J connectivity index is 1.65. The number of aromatic amines is 1. The molecule has 1 aliphatic carbocycles. The number of hydrogen-bond donors (Lipinski definition) is 1. The first-order chi connectivity index (χ1) is 12.6. The number of carbonyl (C=O) groups excluding carboxylic acids is 1. The average molecular weight is 354 g/mol. The molecule has 3 heterocycles. The molecule has 136 valence electrons. The Morgan fingerprint density at radius 2 is 2.15 bits per heavy atom. The Bertz CT molecular complexity index is 870. The molecule has 26 heavy (non-hydrogen) atoms. The highest BCUT2D eigenvalue weighted by atomic mass is 16.5. The Kier molecular flexibility index (Phi) is 4.32. The van der Waals surface area contributed by atoms with Crippen molar-refractivity contribution in [2.75, 3.05) is 26.8 Å². The van der Waals surface area contributed by atoms with Gasteiger partial charge >= 0.3 is 0 Å². The van der Waals surface area contributed by atoms with Crippen molar-refractivity contribution < 1.29 is 9.53 Å². The van der Waals surface area contributed by atoms with E-state index in [1.165, 1.54) is 7.11 Å². The van der Waals surface area contributed by atoms with Crippen LogP contribution in [0, 0.1) is 0 Å². The third-order valence-electron chi connectivity index (χ3n) is 5.65.